The van der Waals surface area contributed by atoms with Gasteiger partial charge in [-0.05, 0) is 36.8 Å². The van der Waals surface area contributed by atoms with Crippen LogP contribution in [0.4, 0.5) is 0 Å². The van der Waals surface area contributed by atoms with Gasteiger partial charge in [-0.2, -0.15) is 5.10 Å². The molecule has 1 saturated heterocycles. The highest BCUT2D eigenvalue weighted by Gasteiger charge is 2.32. The summed E-state index contributed by atoms with van der Waals surface area (Å²) in [7, 11) is 0. The van der Waals surface area contributed by atoms with Crippen LogP contribution in [0.5, 0.6) is 0 Å². The van der Waals surface area contributed by atoms with Gasteiger partial charge in [0.25, 0.3) is 0 Å². The zero-order valence-corrected chi connectivity index (χ0v) is 15.6. The summed E-state index contributed by atoms with van der Waals surface area (Å²) < 4.78 is 0. The molecule has 138 valence electrons. The number of nitrogens with one attached hydrogen (secondary N) is 1. The number of hydrogen-bond donors (Lipinski definition) is 2. The van der Waals surface area contributed by atoms with E-state index in [4.69, 9.17) is 5.11 Å². The van der Waals surface area contributed by atoms with Gasteiger partial charge in [-0.25, -0.2) is 0 Å². The highest BCUT2D eigenvalue weighted by Crippen LogP contribution is 2.32. The first-order valence-corrected chi connectivity index (χ1v) is 9.83. The fourth-order valence-corrected chi connectivity index (χ4v) is 4.26. The van der Waals surface area contributed by atoms with Gasteiger partial charge in [-0.1, -0.05) is 55.3 Å². The third-order valence-electron chi connectivity index (χ3n) is 4.83. The zero-order valence-electron chi connectivity index (χ0n) is 14.8. The number of amides is 1. The Balaban J connectivity index is 1.64. The molecule has 0 spiro atoms. The first kappa shape index (κ1) is 18.6. The van der Waals surface area contributed by atoms with E-state index in [2.05, 4.69) is 39.8 Å². The summed E-state index contributed by atoms with van der Waals surface area (Å²) in [6, 6.07) is 8.48. The zero-order chi connectivity index (χ0) is 18.5. The molecule has 1 unspecified atom stereocenters. The van der Waals surface area contributed by atoms with E-state index in [0.29, 0.717) is 11.1 Å². The fourth-order valence-electron chi connectivity index (χ4n) is 3.36. The highest BCUT2D eigenvalue weighted by atomic mass is 32.2. The lowest BCUT2D eigenvalue weighted by Crippen LogP contribution is -2.26. The molecule has 1 saturated carbocycles. The van der Waals surface area contributed by atoms with Crippen LogP contribution < -0.4 is 5.32 Å². The van der Waals surface area contributed by atoms with Crippen molar-refractivity contribution in [2.24, 2.45) is 10.2 Å². The minimum atomic E-state index is -1.00. The number of nitrogens with zero attached hydrogens (tertiary/aromatic N) is 2. The maximum Gasteiger partial charge on any atom is 0.305 e. The Hall–Kier alpha value is -2.15. The molecule has 7 heteroatoms. The Labute approximate surface area is 157 Å². The summed E-state index contributed by atoms with van der Waals surface area (Å²) in [6.45, 7) is 1.87. The lowest BCUT2D eigenvalue weighted by Gasteiger charge is -2.22. The van der Waals surface area contributed by atoms with Crippen molar-refractivity contribution in [2.45, 2.75) is 56.6 Å². The average Bonchev–Trinajstić information content (AvgIpc) is 2.99. The van der Waals surface area contributed by atoms with Crippen molar-refractivity contribution >= 4 is 34.5 Å². The molecular formula is C19H23N3O3S. The van der Waals surface area contributed by atoms with Crippen molar-refractivity contribution in [3.05, 3.63) is 35.4 Å². The lowest BCUT2D eigenvalue weighted by molar-refractivity contribution is -0.138. The molecule has 1 atom stereocenters. The third kappa shape index (κ3) is 4.72. The first-order valence-electron chi connectivity index (χ1n) is 8.95. The van der Waals surface area contributed by atoms with Gasteiger partial charge in [0.1, 0.15) is 5.25 Å². The molecule has 1 heterocycles. The van der Waals surface area contributed by atoms with Crippen molar-refractivity contribution in [3.63, 3.8) is 0 Å². The van der Waals surface area contributed by atoms with Gasteiger partial charge in [0, 0.05) is 0 Å². The topological polar surface area (TPSA) is 91.1 Å². The van der Waals surface area contributed by atoms with Crippen LogP contribution in [0.3, 0.4) is 0 Å². The normalized spacial score (nSPS) is 23.3. The van der Waals surface area contributed by atoms with E-state index in [1.165, 1.54) is 37.7 Å². The fraction of sp³-hybridized carbons (Fsp3) is 0.474. The van der Waals surface area contributed by atoms with E-state index in [-0.39, 0.29) is 12.3 Å². The maximum atomic E-state index is 11.7. The second kappa shape index (κ2) is 8.49. The molecule has 0 aromatic heterocycles. The monoisotopic (exact) mass is 373 g/mol. The number of carbonyl (C=O) groups excluding carboxylic acids is 1. The molecule has 1 aromatic rings. The summed E-state index contributed by atoms with van der Waals surface area (Å²) in [5, 5.41) is 19.3. The molecular weight excluding hydrogens is 350 g/mol. The van der Waals surface area contributed by atoms with Crippen molar-refractivity contribution in [3.8, 4) is 0 Å². The summed E-state index contributed by atoms with van der Waals surface area (Å²) >= 11 is 1.11. The molecule has 6 nitrogen and oxygen atoms in total. The molecule has 1 amide bonds. The molecule has 2 aliphatic rings. The van der Waals surface area contributed by atoms with E-state index in [0.717, 1.165) is 23.0 Å². The number of benzene rings is 1. The number of amidine groups is 1. The van der Waals surface area contributed by atoms with E-state index in [1.807, 2.05) is 6.92 Å². The van der Waals surface area contributed by atoms with Gasteiger partial charge in [-0.15, -0.1) is 5.10 Å². The first-order chi connectivity index (χ1) is 12.5. The number of thioether (sulfide) groups is 1. The lowest BCUT2D eigenvalue weighted by atomic mass is 9.84. The molecule has 2 N–H and O–H groups in total. The quantitative estimate of drug-likeness (QED) is 0.610. The SMILES string of the molecule is C/C(=N\N=C1\NC(=O)C(CC(=O)O)S1)c1ccc(C2CCCCC2)cc1. The Morgan fingerprint density at radius 1 is 1.23 bits per heavy atom. The van der Waals surface area contributed by atoms with Crippen LogP contribution in [0, 0.1) is 0 Å². The predicted molar refractivity (Wildman–Crippen MR) is 104 cm³/mol. The summed E-state index contributed by atoms with van der Waals surface area (Å²) in [4.78, 5) is 22.4. The van der Waals surface area contributed by atoms with E-state index >= 15 is 0 Å². The molecule has 0 bridgehead atoms. The standard InChI is InChI=1S/C19H23N3O3S/c1-12(21-22-19-20-18(25)16(26-19)11-17(23)24)13-7-9-15(10-8-13)14-5-3-2-4-6-14/h7-10,14,16H,2-6,11H2,1H3,(H,23,24)(H,20,22,25)/b21-12+. The van der Waals surface area contributed by atoms with Gasteiger partial charge < -0.3 is 10.4 Å². The number of carboxylic acids is 1. The average molecular weight is 373 g/mol. The molecule has 0 radical (unpaired) electrons. The van der Waals surface area contributed by atoms with Crippen molar-refractivity contribution in [1.82, 2.24) is 5.32 Å². The van der Waals surface area contributed by atoms with E-state index in [9.17, 15) is 9.59 Å². The minimum absolute atomic E-state index is 0.221. The van der Waals surface area contributed by atoms with Crippen LogP contribution in [0.25, 0.3) is 0 Å². The largest absolute Gasteiger partial charge is 0.481 e. The number of carboxylic acid groups (broad SMARTS) is 1. The molecule has 2 fully saturated rings. The van der Waals surface area contributed by atoms with Crippen LogP contribution in [-0.4, -0.2) is 33.1 Å². The second-order valence-corrected chi connectivity index (χ2v) is 7.93. The van der Waals surface area contributed by atoms with Gasteiger partial charge in [0.05, 0.1) is 12.1 Å². The van der Waals surface area contributed by atoms with Crippen molar-refractivity contribution < 1.29 is 14.7 Å². The van der Waals surface area contributed by atoms with E-state index < -0.39 is 11.2 Å². The molecule has 3 rings (SSSR count). The van der Waals surface area contributed by atoms with Crippen LogP contribution in [0.1, 0.15) is 62.5 Å². The smallest absolute Gasteiger partial charge is 0.305 e. The van der Waals surface area contributed by atoms with Crippen molar-refractivity contribution in [2.75, 3.05) is 0 Å². The van der Waals surface area contributed by atoms with E-state index in [1.54, 1.807) is 0 Å². The Morgan fingerprint density at radius 2 is 1.92 bits per heavy atom. The van der Waals surface area contributed by atoms with Gasteiger partial charge in [-0.3, -0.25) is 9.59 Å². The third-order valence-corrected chi connectivity index (χ3v) is 5.90. The Bertz CT molecular complexity index is 737. The second-order valence-electron chi connectivity index (χ2n) is 6.74. The van der Waals surface area contributed by atoms with Crippen molar-refractivity contribution in [1.29, 1.82) is 0 Å². The van der Waals surface area contributed by atoms with Gasteiger partial charge in [0.2, 0.25) is 5.91 Å². The number of rotatable bonds is 5. The molecule has 1 aliphatic carbocycles. The number of aliphatic carboxylic acids is 1. The minimum Gasteiger partial charge on any atom is -0.481 e. The molecule has 26 heavy (non-hydrogen) atoms. The van der Waals surface area contributed by atoms with Crippen LogP contribution in [0.15, 0.2) is 34.5 Å². The van der Waals surface area contributed by atoms with Crippen LogP contribution >= 0.6 is 11.8 Å². The predicted octanol–water partition coefficient (Wildman–Crippen LogP) is 3.52. The van der Waals surface area contributed by atoms with Crippen LogP contribution in [0.2, 0.25) is 0 Å². The summed E-state index contributed by atoms with van der Waals surface area (Å²) in [5.41, 5.74) is 3.14. The van der Waals surface area contributed by atoms with Crippen LogP contribution in [-0.2, 0) is 9.59 Å². The van der Waals surface area contributed by atoms with Gasteiger partial charge >= 0.3 is 5.97 Å². The summed E-state index contributed by atoms with van der Waals surface area (Å²) in [5.74, 6) is -0.663. The molecule has 1 aromatic carbocycles. The highest BCUT2D eigenvalue weighted by molar-refractivity contribution is 8.15. The molecule has 1 aliphatic heterocycles. The number of carbonyl (C=O) groups is 2. The summed E-state index contributed by atoms with van der Waals surface area (Å²) in [6.07, 6.45) is 6.31. The number of hydrogen-bond acceptors (Lipinski definition) is 5. The van der Waals surface area contributed by atoms with Gasteiger partial charge in [0.15, 0.2) is 5.17 Å². The Morgan fingerprint density at radius 3 is 2.58 bits per heavy atom. The maximum absolute atomic E-state index is 11.7. The Kier molecular flexibility index (Phi) is 6.08.